The van der Waals surface area contributed by atoms with Crippen molar-refractivity contribution in [3.63, 3.8) is 0 Å². The maximum atomic E-state index is 12.6. The average Bonchev–Trinajstić information content (AvgIpc) is 2.59. The first-order valence-electron chi connectivity index (χ1n) is 4.49. The Hall–Kier alpha value is -1.63. The fraction of sp³-hybridized carbons (Fsp3) is 0.333. The molecular weight excluding hydrogens is 221 g/mol. The minimum absolute atomic E-state index is 0.221. The molecule has 0 radical (unpaired) electrons. The molecule has 0 aliphatic carbocycles. The van der Waals surface area contributed by atoms with E-state index < -0.39 is 11.7 Å². The predicted molar refractivity (Wildman–Crippen MR) is 51.5 cm³/mol. The molecule has 7 heteroatoms. The van der Waals surface area contributed by atoms with Crippen molar-refractivity contribution in [2.24, 2.45) is 5.73 Å². The number of rotatable bonds is 1. The summed E-state index contributed by atoms with van der Waals surface area (Å²) in [5.41, 5.74) is 3.38. The van der Waals surface area contributed by atoms with Gasteiger partial charge in [-0.05, 0) is 19.1 Å². The first kappa shape index (κ1) is 10.9. The summed E-state index contributed by atoms with van der Waals surface area (Å²) in [5, 5.41) is 0. The molecule has 0 aliphatic rings. The van der Waals surface area contributed by atoms with Gasteiger partial charge in [0.1, 0.15) is 5.82 Å². The molecule has 0 saturated carbocycles. The number of alkyl halides is 3. The van der Waals surface area contributed by atoms with Crippen molar-refractivity contribution in [2.45, 2.75) is 18.6 Å². The lowest BCUT2D eigenvalue weighted by Gasteiger charge is -2.24. The number of aromatic amines is 1. The van der Waals surface area contributed by atoms with Crippen LogP contribution in [0.3, 0.4) is 0 Å². The summed E-state index contributed by atoms with van der Waals surface area (Å²) in [6.45, 7) is 0.866. The van der Waals surface area contributed by atoms with Crippen LogP contribution in [-0.4, -0.2) is 21.1 Å². The van der Waals surface area contributed by atoms with E-state index >= 15 is 0 Å². The number of nitrogens with zero attached hydrogens (tertiary/aromatic N) is 2. The van der Waals surface area contributed by atoms with Gasteiger partial charge in [-0.15, -0.1) is 0 Å². The zero-order valence-corrected chi connectivity index (χ0v) is 8.34. The number of fused-ring (bicyclic) bond motifs is 1. The van der Waals surface area contributed by atoms with Crippen LogP contribution in [0.4, 0.5) is 13.2 Å². The quantitative estimate of drug-likeness (QED) is 0.783. The number of aromatic nitrogens is 3. The molecule has 0 aliphatic heterocycles. The molecule has 0 amide bonds. The standard InChI is InChI=1S/C9H9F3N4/c1-8(13,9(10,11)12)7-15-5-3-2-4-14-6(5)16-7/h2-4H,13H2,1H3,(H,14,15,16). The molecule has 2 rings (SSSR count). The van der Waals surface area contributed by atoms with Gasteiger partial charge in [0, 0.05) is 6.20 Å². The molecule has 0 bridgehead atoms. The van der Waals surface area contributed by atoms with Crippen molar-refractivity contribution in [1.82, 2.24) is 15.0 Å². The van der Waals surface area contributed by atoms with Gasteiger partial charge < -0.3 is 10.7 Å². The molecular formula is C9H9F3N4. The molecule has 1 unspecified atom stereocenters. The van der Waals surface area contributed by atoms with Crippen molar-refractivity contribution in [3.8, 4) is 0 Å². The van der Waals surface area contributed by atoms with Gasteiger partial charge in [0.25, 0.3) is 0 Å². The Morgan fingerprint density at radius 1 is 1.38 bits per heavy atom. The molecule has 86 valence electrons. The Labute approximate surface area is 88.7 Å². The van der Waals surface area contributed by atoms with Gasteiger partial charge in [0.05, 0.1) is 5.52 Å². The summed E-state index contributed by atoms with van der Waals surface area (Å²) >= 11 is 0. The highest BCUT2D eigenvalue weighted by atomic mass is 19.4. The number of nitrogens with one attached hydrogen (secondary N) is 1. The first-order valence-corrected chi connectivity index (χ1v) is 4.49. The van der Waals surface area contributed by atoms with E-state index in [0.717, 1.165) is 6.92 Å². The summed E-state index contributed by atoms with van der Waals surface area (Å²) in [6, 6.07) is 3.19. The van der Waals surface area contributed by atoms with Crippen LogP contribution in [0.15, 0.2) is 18.3 Å². The molecule has 2 aromatic heterocycles. The van der Waals surface area contributed by atoms with Crippen LogP contribution < -0.4 is 5.73 Å². The highest BCUT2D eigenvalue weighted by molar-refractivity contribution is 5.70. The molecule has 0 saturated heterocycles. The summed E-state index contributed by atoms with van der Waals surface area (Å²) < 4.78 is 37.9. The van der Waals surface area contributed by atoms with Gasteiger partial charge in [-0.1, -0.05) is 0 Å². The van der Waals surface area contributed by atoms with Crippen molar-refractivity contribution >= 4 is 11.2 Å². The van der Waals surface area contributed by atoms with E-state index in [1.54, 1.807) is 12.1 Å². The van der Waals surface area contributed by atoms with E-state index in [1.165, 1.54) is 6.20 Å². The van der Waals surface area contributed by atoms with Gasteiger partial charge in [-0.2, -0.15) is 13.2 Å². The minimum Gasteiger partial charge on any atom is -0.339 e. The number of hydrogen-bond donors (Lipinski definition) is 2. The predicted octanol–water partition coefficient (Wildman–Crippen LogP) is 1.69. The van der Waals surface area contributed by atoms with E-state index in [1.807, 2.05) is 0 Å². The van der Waals surface area contributed by atoms with E-state index in [2.05, 4.69) is 15.0 Å². The maximum Gasteiger partial charge on any atom is 0.413 e. The Balaban J connectivity index is 2.56. The molecule has 3 N–H and O–H groups in total. The summed E-state index contributed by atoms with van der Waals surface area (Å²) in [4.78, 5) is 10.1. The molecule has 2 aromatic rings. The lowest BCUT2D eigenvalue weighted by molar-refractivity contribution is -0.186. The van der Waals surface area contributed by atoms with Crippen LogP contribution in [0, 0.1) is 0 Å². The SMILES string of the molecule is CC(N)(c1nc2ncccc2[nH]1)C(F)(F)F. The summed E-state index contributed by atoms with van der Waals surface area (Å²) in [6.07, 6.45) is -3.12. The number of nitrogens with two attached hydrogens (primary N) is 1. The Bertz CT molecular complexity index is 482. The minimum atomic E-state index is -4.57. The highest BCUT2D eigenvalue weighted by Crippen LogP contribution is 2.35. The topological polar surface area (TPSA) is 67.6 Å². The maximum absolute atomic E-state index is 12.6. The van der Waals surface area contributed by atoms with E-state index in [9.17, 15) is 13.2 Å². The van der Waals surface area contributed by atoms with Gasteiger partial charge in [0.15, 0.2) is 11.2 Å². The normalized spacial score (nSPS) is 16.3. The van der Waals surface area contributed by atoms with Gasteiger partial charge in [-0.25, -0.2) is 9.97 Å². The number of H-pyrrole nitrogens is 1. The molecule has 0 fully saturated rings. The molecule has 0 spiro atoms. The third-order valence-electron chi connectivity index (χ3n) is 2.34. The number of halogens is 3. The lowest BCUT2D eigenvalue weighted by Crippen LogP contribution is -2.48. The zero-order chi connectivity index (χ0) is 12.0. The molecule has 16 heavy (non-hydrogen) atoms. The molecule has 2 heterocycles. The average molecular weight is 230 g/mol. The fourth-order valence-electron chi connectivity index (χ4n) is 1.23. The van der Waals surface area contributed by atoms with Crippen molar-refractivity contribution in [2.75, 3.05) is 0 Å². The summed E-state index contributed by atoms with van der Waals surface area (Å²) in [5.74, 6) is -0.339. The monoisotopic (exact) mass is 230 g/mol. The molecule has 1 atom stereocenters. The van der Waals surface area contributed by atoms with Crippen LogP contribution in [0.1, 0.15) is 12.7 Å². The highest BCUT2D eigenvalue weighted by Gasteiger charge is 2.51. The van der Waals surface area contributed by atoms with Crippen LogP contribution >= 0.6 is 0 Å². The van der Waals surface area contributed by atoms with Crippen molar-refractivity contribution < 1.29 is 13.2 Å². The Morgan fingerprint density at radius 2 is 2.06 bits per heavy atom. The molecule has 0 aromatic carbocycles. The summed E-state index contributed by atoms with van der Waals surface area (Å²) in [7, 11) is 0. The third kappa shape index (κ3) is 1.53. The van der Waals surface area contributed by atoms with Crippen molar-refractivity contribution in [3.05, 3.63) is 24.2 Å². The first-order chi connectivity index (χ1) is 7.32. The van der Waals surface area contributed by atoms with Crippen LogP contribution in [0.25, 0.3) is 11.2 Å². The Morgan fingerprint density at radius 3 is 2.62 bits per heavy atom. The van der Waals surface area contributed by atoms with E-state index in [4.69, 9.17) is 5.73 Å². The van der Waals surface area contributed by atoms with Gasteiger partial charge in [0.2, 0.25) is 0 Å². The fourth-order valence-corrected chi connectivity index (χ4v) is 1.23. The second-order valence-electron chi connectivity index (χ2n) is 3.66. The molecule has 4 nitrogen and oxygen atoms in total. The second kappa shape index (κ2) is 3.18. The second-order valence-corrected chi connectivity index (χ2v) is 3.66. The third-order valence-corrected chi connectivity index (χ3v) is 2.34. The lowest BCUT2D eigenvalue weighted by atomic mass is 10.0. The van der Waals surface area contributed by atoms with Gasteiger partial charge in [-0.3, -0.25) is 0 Å². The number of hydrogen-bond acceptors (Lipinski definition) is 3. The number of imidazole rings is 1. The Kier molecular flexibility index (Phi) is 2.16. The van der Waals surface area contributed by atoms with Crippen LogP contribution in [-0.2, 0) is 5.54 Å². The number of pyridine rings is 1. The van der Waals surface area contributed by atoms with Crippen molar-refractivity contribution in [1.29, 1.82) is 0 Å². The largest absolute Gasteiger partial charge is 0.413 e. The smallest absolute Gasteiger partial charge is 0.339 e. The van der Waals surface area contributed by atoms with E-state index in [0.29, 0.717) is 5.52 Å². The van der Waals surface area contributed by atoms with Crippen LogP contribution in [0.5, 0.6) is 0 Å². The zero-order valence-electron chi connectivity index (χ0n) is 8.34. The van der Waals surface area contributed by atoms with Crippen LogP contribution in [0.2, 0.25) is 0 Å². The van der Waals surface area contributed by atoms with E-state index in [-0.39, 0.29) is 11.5 Å². The van der Waals surface area contributed by atoms with Gasteiger partial charge >= 0.3 is 6.18 Å².